The van der Waals surface area contributed by atoms with Gasteiger partial charge in [-0.2, -0.15) is 0 Å². The Morgan fingerprint density at radius 2 is 1.92 bits per heavy atom. The van der Waals surface area contributed by atoms with Crippen molar-refractivity contribution in [1.29, 1.82) is 0 Å². The van der Waals surface area contributed by atoms with E-state index in [0.717, 1.165) is 18.9 Å². The molecule has 1 aliphatic rings. The predicted molar refractivity (Wildman–Crippen MR) is 89.1 cm³/mol. The van der Waals surface area contributed by atoms with E-state index in [1.807, 2.05) is 0 Å². The summed E-state index contributed by atoms with van der Waals surface area (Å²) in [7, 11) is -3.64. The lowest BCUT2D eigenvalue weighted by atomic mass is 10.2. The number of benzene rings is 2. The van der Waals surface area contributed by atoms with Crippen LogP contribution in [0, 0.1) is 5.82 Å². The fraction of sp³-hybridized carbons (Fsp3) is 0.188. The molecule has 2 N–H and O–H groups in total. The van der Waals surface area contributed by atoms with Gasteiger partial charge >= 0.3 is 0 Å². The van der Waals surface area contributed by atoms with Gasteiger partial charge in [0, 0.05) is 17.3 Å². The molecule has 1 aliphatic carbocycles. The second-order valence-corrected chi connectivity index (χ2v) is 7.63. The normalized spacial score (nSPS) is 14.4. The Labute approximate surface area is 143 Å². The average Bonchev–Trinajstić information content (AvgIpc) is 3.34. The van der Waals surface area contributed by atoms with E-state index in [2.05, 4.69) is 10.0 Å². The van der Waals surface area contributed by atoms with E-state index in [1.165, 1.54) is 36.4 Å². The van der Waals surface area contributed by atoms with Crippen molar-refractivity contribution in [3.63, 3.8) is 0 Å². The third-order valence-electron chi connectivity index (χ3n) is 3.48. The molecule has 0 radical (unpaired) electrons. The van der Waals surface area contributed by atoms with Gasteiger partial charge < -0.3 is 5.32 Å². The third-order valence-corrected chi connectivity index (χ3v) is 5.29. The van der Waals surface area contributed by atoms with E-state index in [0.29, 0.717) is 5.69 Å². The molecular formula is C16H14ClFN2O3S. The van der Waals surface area contributed by atoms with Gasteiger partial charge in [-0.3, -0.25) is 4.79 Å². The molecule has 0 atom stereocenters. The van der Waals surface area contributed by atoms with Crippen LogP contribution < -0.4 is 10.0 Å². The molecule has 0 aliphatic heterocycles. The largest absolute Gasteiger partial charge is 0.322 e. The van der Waals surface area contributed by atoms with E-state index in [4.69, 9.17) is 11.6 Å². The summed E-state index contributed by atoms with van der Waals surface area (Å²) in [5, 5.41) is 2.44. The Kier molecular flexibility index (Phi) is 4.58. The standard InChI is InChI=1S/C16H14ClFN2O3S/c17-14-9-12(6-7-15(14)18)19-16(21)10-2-1-3-13(8-10)24(22,23)20-11-4-5-11/h1-3,6-9,11,20H,4-5H2,(H,19,21). The van der Waals surface area contributed by atoms with E-state index < -0.39 is 21.7 Å². The highest BCUT2D eigenvalue weighted by atomic mass is 35.5. The molecule has 0 aromatic heterocycles. The third kappa shape index (κ3) is 3.92. The zero-order valence-corrected chi connectivity index (χ0v) is 14.0. The van der Waals surface area contributed by atoms with Gasteiger partial charge in [-0.05, 0) is 49.2 Å². The fourth-order valence-electron chi connectivity index (χ4n) is 2.07. The van der Waals surface area contributed by atoms with E-state index in [-0.39, 0.29) is 21.5 Å². The first-order valence-corrected chi connectivity index (χ1v) is 9.10. The number of amides is 1. The summed E-state index contributed by atoms with van der Waals surface area (Å²) in [5.41, 5.74) is 0.491. The van der Waals surface area contributed by atoms with Gasteiger partial charge in [-0.25, -0.2) is 17.5 Å². The highest BCUT2D eigenvalue weighted by Crippen LogP contribution is 2.23. The van der Waals surface area contributed by atoms with E-state index in [9.17, 15) is 17.6 Å². The van der Waals surface area contributed by atoms with Crippen molar-refractivity contribution in [3.8, 4) is 0 Å². The first-order chi connectivity index (χ1) is 11.3. The molecule has 126 valence electrons. The zero-order chi connectivity index (χ0) is 17.3. The topological polar surface area (TPSA) is 75.3 Å². The van der Waals surface area contributed by atoms with Crippen molar-refractivity contribution in [1.82, 2.24) is 4.72 Å². The number of sulfonamides is 1. The summed E-state index contributed by atoms with van der Waals surface area (Å²) < 4.78 is 40.1. The Bertz CT molecular complexity index is 898. The maximum Gasteiger partial charge on any atom is 0.255 e. The molecule has 2 aromatic rings. The monoisotopic (exact) mass is 368 g/mol. The van der Waals surface area contributed by atoms with Gasteiger partial charge in [0.15, 0.2) is 0 Å². The van der Waals surface area contributed by atoms with Crippen molar-refractivity contribution in [2.75, 3.05) is 5.32 Å². The van der Waals surface area contributed by atoms with Crippen LogP contribution in [-0.2, 0) is 10.0 Å². The van der Waals surface area contributed by atoms with Crippen LogP contribution in [0.4, 0.5) is 10.1 Å². The molecular weight excluding hydrogens is 355 g/mol. The van der Waals surface area contributed by atoms with Crippen molar-refractivity contribution in [2.45, 2.75) is 23.8 Å². The molecule has 1 fully saturated rings. The summed E-state index contributed by atoms with van der Waals surface area (Å²) >= 11 is 5.67. The summed E-state index contributed by atoms with van der Waals surface area (Å²) in [6.45, 7) is 0. The molecule has 24 heavy (non-hydrogen) atoms. The molecule has 0 bridgehead atoms. The van der Waals surface area contributed by atoms with Gasteiger partial charge in [0.05, 0.1) is 9.92 Å². The van der Waals surface area contributed by atoms with Gasteiger partial charge in [-0.15, -0.1) is 0 Å². The molecule has 0 unspecified atom stereocenters. The van der Waals surface area contributed by atoms with Gasteiger partial charge in [-0.1, -0.05) is 17.7 Å². The smallest absolute Gasteiger partial charge is 0.255 e. The fourth-order valence-corrected chi connectivity index (χ4v) is 3.60. The Balaban J connectivity index is 1.80. The van der Waals surface area contributed by atoms with Crippen molar-refractivity contribution >= 4 is 33.2 Å². The van der Waals surface area contributed by atoms with Crippen molar-refractivity contribution in [2.24, 2.45) is 0 Å². The van der Waals surface area contributed by atoms with Gasteiger partial charge in [0.2, 0.25) is 10.0 Å². The van der Waals surface area contributed by atoms with Crippen LogP contribution >= 0.6 is 11.6 Å². The number of carbonyl (C=O) groups is 1. The molecule has 1 saturated carbocycles. The minimum Gasteiger partial charge on any atom is -0.322 e. The highest BCUT2D eigenvalue weighted by Gasteiger charge is 2.28. The number of hydrogen-bond donors (Lipinski definition) is 2. The summed E-state index contributed by atoms with van der Waals surface area (Å²) in [5.74, 6) is -1.10. The van der Waals surface area contributed by atoms with Crippen LogP contribution in [-0.4, -0.2) is 20.4 Å². The zero-order valence-electron chi connectivity index (χ0n) is 12.4. The lowest BCUT2D eigenvalue weighted by molar-refractivity contribution is 0.102. The Morgan fingerprint density at radius 1 is 1.17 bits per heavy atom. The quantitative estimate of drug-likeness (QED) is 0.851. The summed E-state index contributed by atoms with van der Waals surface area (Å²) in [4.78, 5) is 12.3. The Hall–Kier alpha value is -1.96. The lowest BCUT2D eigenvalue weighted by Crippen LogP contribution is -2.26. The average molecular weight is 369 g/mol. The molecule has 0 heterocycles. The first kappa shape index (κ1) is 16.9. The van der Waals surface area contributed by atoms with Gasteiger partial charge in [0.1, 0.15) is 5.82 Å². The minimum atomic E-state index is -3.64. The summed E-state index contributed by atoms with van der Waals surface area (Å²) in [6.07, 6.45) is 1.65. The molecule has 2 aromatic carbocycles. The van der Waals surface area contributed by atoms with Crippen LogP contribution in [0.15, 0.2) is 47.4 Å². The van der Waals surface area contributed by atoms with Crippen LogP contribution in [0.3, 0.4) is 0 Å². The maximum absolute atomic E-state index is 13.1. The van der Waals surface area contributed by atoms with Crippen molar-refractivity contribution < 1.29 is 17.6 Å². The minimum absolute atomic E-state index is 0.0196. The second-order valence-electron chi connectivity index (χ2n) is 5.51. The molecule has 0 spiro atoms. The Morgan fingerprint density at radius 3 is 2.58 bits per heavy atom. The molecule has 0 saturated heterocycles. The number of nitrogens with one attached hydrogen (secondary N) is 2. The summed E-state index contributed by atoms with van der Waals surface area (Å²) in [6, 6.07) is 9.48. The van der Waals surface area contributed by atoms with E-state index in [1.54, 1.807) is 0 Å². The molecule has 1 amide bonds. The highest BCUT2D eigenvalue weighted by molar-refractivity contribution is 7.89. The van der Waals surface area contributed by atoms with Crippen LogP contribution in [0.5, 0.6) is 0 Å². The number of hydrogen-bond acceptors (Lipinski definition) is 3. The number of rotatable bonds is 5. The van der Waals surface area contributed by atoms with E-state index >= 15 is 0 Å². The SMILES string of the molecule is O=C(Nc1ccc(F)c(Cl)c1)c1cccc(S(=O)(=O)NC2CC2)c1. The number of carbonyl (C=O) groups excluding carboxylic acids is 1. The number of halogens is 2. The van der Waals surface area contributed by atoms with Crippen LogP contribution in [0.2, 0.25) is 5.02 Å². The maximum atomic E-state index is 13.1. The van der Waals surface area contributed by atoms with Gasteiger partial charge in [0.25, 0.3) is 5.91 Å². The number of anilines is 1. The molecule has 8 heteroatoms. The lowest BCUT2D eigenvalue weighted by Gasteiger charge is -2.09. The predicted octanol–water partition coefficient (Wildman–Crippen LogP) is 3.17. The first-order valence-electron chi connectivity index (χ1n) is 7.24. The second kappa shape index (κ2) is 6.51. The van der Waals surface area contributed by atoms with Crippen LogP contribution in [0.25, 0.3) is 0 Å². The molecule has 3 rings (SSSR count). The van der Waals surface area contributed by atoms with Crippen molar-refractivity contribution in [3.05, 3.63) is 58.9 Å². The molecule has 5 nitrogen and oxygen atoms in total. The van der Waals surface area contributed by atoms with Crippen LogP contribution in [0.1, 0.15) is 23.2 Å².